The van der Waals surface area contributed by atoms with Gasteiger partial charge in [0, 0.05) is 32.9 Å². The molecule has 2 aromatic rings. The Bertz CT molecular complexity index is 679. The Balaban J connectivity index is 2.26. The lowest BCUT2D eigenvalue weighted by atomic mass is 10.1. The van der Waals surface area contributed by atoms with Crippen LogP contribution >= 0.6 is 11.6 Å². The highest BCUT2D eigenvalue weighted by atomic mass is 35.5. The minimum atomic E-state index is -1.21. The smallest absolute Gasteiger partial charge is 0.253 e. The maximum atomic E-state index is 12.0. The van der Waals surface area contributed by atoms with Crippen LogP contribution in [0.3, 0.4) is 0 Å². The van der Waals surface area contributed by atoms with Crippen LogP contribution in [0.2, 0.25) is 5.02 Å². The second kappa shape index (κ2) is 5.77. The van der Waals surface area contributed by atoms with Gasteiger partial charge in [0.2, 0.25) is 0 Å². The first kappa shape index (κ1) is 15.4. The minimum Gasteiger partial charge on any atom is -0.598 e. The number of halogens is 1. The Kier molecular flexibility index (Phi) is 4.44. The average Bonchev–Trinajstić information content (AvgIpc) is 2.35. The molecule has 108 valence electrons. The van der Waals surface area contributed by atoms with Gasteiger partial charge in [0.25, 0.3) is 5.56 Å². The van der Waals surface area contributed by atoms with Crippen molar-refractivity contribution in [2.45, 2.75) is 32.1 Å². The molecule has 0 amide bonds. The zero-order valence-corrected chi connectivity index (χ0v) is 13.2. The third kappa shape index (κ3) is 3.55. The molecule has 1 atom stereocenters. The van der Waals surface area contributed by atoms with Crippen molar-refractivity contribution in [2.75, 3.05) is 0 Å². The Labute approximate surface area is 125 Å². The van der Waals surface area contributed by atoms with E-state index in [0.29, 0.717) is 10.6 Å². The van der Waals surface area contributed by atoms with Gasteiger partial charge in [-0.25, -0.2) is 0 Å². The maximum absolute atomic E-state index is 12.0. The van der Waals surface area contributed by atoms with E-state index >= 15 is 0 Å². The third-order valence-corrected chi connectivity index (χ3v) is 4.59. The van der Waals surface area contributed by atoms with Crippen molar-refractivity contribution in [2.24, 2.45) is 0 Å². The summed E-state index contributed by atoms with van der Waals surface area (Å²) in [6.45, 7) is 5.88. The van der Waals surface area contributed by atoms with Crippen LogP contribution in [0.4, 0.5) is 0 Å². The summed E-state index contributed by atoms with van der Waals surface area (Å²) in [7, 11) is 0. The number of aromatic amines is 1. The Morgan fingerprint density at radius 1 is 1.35 bits per heavy atom. The second-order valence-corrected chi connectivity index (χ2v) is 8.04. The molecule has 0 saturated carbocycles. The summed E-state index contributed by atoms with van der Waals surface area (Å²) >= 11 is 4.73. The molecule has 4 nitrogen and oxygen atoms in total. The van der Waals surface area contributed by atoms with Crippen molar-refractivity contribution in [1.82, 2.24) is 9.71 Å². The molecule has 0 radical (unpaired) electrons. The van der Waals surface area contributed by atoms with Gasteiger partial charge in [0.15, 0.2) is 0 Å². The first-order chi connectivity index (χ1) is 9.27. The minimum absolute atomic E-state index is 0.182. The molecule has 0 aliphatic rings. The van der Waals surface area contributed by atoms with Gasteiger partial charge in [0.1, 0.15) is 4.75 Å². The fraction of sp³-hybridized carbons (Fsp3) is 0.357. The van der Waals surface area contributed by atoms with Crippen molar-refractivity contribution in [3.63, 3.8) is 0 Å². The first-order valence-electron chi connectivity index (χ1n) is 6.24. The fourth-order valence-corrected chi connectivity index (χ4v) is 2.61. The zero-order valence-electron chi connectivity index (χ0n) is 11.6. The lowest BCUT2D eigenvalue weighted by Crippen LogP contribution is -2.39. The molecule has 6 heteroatoms. The fourth-order valence-electron chi connectivity index (χ4n) is 1.71. The summed E-state index contributed by atoms with van der Waals surface area (Å²) in [5, 5.41) is 1.47. The number of aromatic nitrogens is 1. The van der Waals surface area contributed by atoms with Gasteiger partial charge in [-0.2, -0.15) is 0 Å². The van der Waals surface area contributed by atoms with E-state index in [0.717, 1.165) is 10.9 Å². The van der Waals surface area contributed by atoms with Crippen molar-refractivity contribution in [3.8, 4) is 0 Å². The van der Waals surface area contributed by atoms with E-state index in [1.54, 1.807) is 24.3 Å². The van der Waals surface area contributed by atoms with Gasteiger partial charge in [-0.05, 0) is 45.0 Å². The molecule has 0 aliphatic carbocycles. The van der Waals surface area contributed by atoms with Crippen LogP contribution in [-0.2, 0) is 17.9 Å². The Morgan fingerprint density at radius 2 is 2.05 bits per heavy atom. The van der Waals surface area contributed by atoms with Crippen LogP contribution in [-0.4, -0.2) is 14.3 Å². The monoisotopic (exact) mass is 312 g/mol. The van der Waals surface area contributed by atoms with E-state index in [1.807, 2.05) is 20.8 Å². The molecular weight excluding hydrogens is 296 g/mol. The number of rotatable bonds is 3. The van der Waals surface area contributed by atoms with Crippen LogP contribution in [0, 0.1) is 0 Å². The van der Waals surface area contributed by atoms with E-state index in [4.69, 9.17) is 11.6 Å². The molecular formula is C14H17ClN2O2S. The van der Waals surface area contributed by atoms with Crippen molar-refractivity contribution >= 4 is 33.9 Å². The van der Waals surface area contributed by atoms with E-state index in [9.17, 15) is 9.35 Å². The van der Waals surface area contributed by atoms with Gasteiger partial charge in [0.05, 0.1) is 6.54 Å². The molecule has 2 rings (SSSR count). The summed E-state index contributed by atoms with van der Waals surface area (Å²) in [6, 6.07) is 7.06. The summed E-state index contributed by atoms with van der Waals surface area (Å²) < 4.78 is 14.4. The summed E-state index contributed by atoms with van der Waals surface area (Å²) in [4.78, 5) is 14.7. The van der Waals surface area contributed by atoms with Crippen LogP contribution in [0.15, 0.2) is 29.1 Å². The number of pyridine rings is 1. The molecule has 0 fully saturated rings. The topological polar surface area (TPSA) is 67.9 Å². The number of benzene rings is 1. The molecule has 1 aromatic heterocycles. The lowest BCUT2D eigenvalue weighted by Gasteiger charge is -2.23. The lowest BCUT2D eigenvalue weighted by molar-refractivity contribution is 0.544. The summed E-state index contributed by atoms with van der Waals surface area (Å²) in [5.74, 6) is 0. The van der Waals surface area contributed by atoms with Crippen molar-refractivity contribution < 1.29 is 4.55 Å². The number of hydrogen-bond acceptors (Lipinski definition) is 3. The molecule has 0 unspecified atom stereocenters. The normalized spacial score (nSPS) is 13.7. The van der Waals surface area contributed by atoms with Crippen molar-refractivity contribution in [3.05, 3.63) is 45.2 Å². The van der Waals surface area contributed by atoms with Crippen LogP contribution in [0.25, 0.3) is 10.9 Å². The van der Waals surface area contributed by atoms with Gasteiger partial charge < -0.3 is 9.54 Å². The van der Waals surface area contributed by atoms with Crippen molar-refractivity contribution in [1.29, 1.82) is 0 Å². The summed E-state index contributed by atoms with van der Waals surface area (Å²) in [6.07, 6.45) is 0. The van der Waals surface area contributed by atoms with E-state index in [-0.39, 0.29) is 16.9 Å². The van der Waals surface area contributed by atoms with Crippen LogP contribution < -0.4 is 10.3 Å². The number of nitrogens with one attached hydrogen (secondary N) is 2. The Hall–Kier alpha value is -1.01. The molecule has 0 aliphatic heterocycles. The van der Waals surface area contributed by atoms with E-state index in [2.05, 4.69) is 9.71 Å². The molecule has 0 spiro atoms. The standard InChI is InChI=1S/C14H17ClN2O2S/c1-14(2,3)20(19)16-8-10-6-9-7-11(15)4-5-12(9)17-13(10)18/h4-7,16H,8H2,1-3H3,(H,17,18)/t20-/m0/s1. The van der Waals surface area contributed by atoms with Gasteiger partial charge in [-0.3, -0.25) is 4.79 Å². The maximum Gasteiger partial charge on any atom is 0.253 e. The van der Waals surface area contributed by atoms with Crippen LogP contribution in [0.5, 0.6) is 0 Å². The van der Waals surface area contributed by atoms with E-state index in [1.165, 1.54) is 0 Å². The van der Waals surface area contributed by atoms with Gasteiger partial charge >= 0.3 is 0 Å². The molecule has 0 saturated heterocycles. The number of H-pyrrole nitrogens is 1. The third-order valence-electron chi connectivity index (χ3n) is 2.83. The highest BCUT2D eigenvalue weighted by Crippen LogP contribution is 2.18. The average molecular weight is 313 g/mol. The Morgan fingerprint density at radius 3 is 2.70 bits per heavy atom. The zero-order chi connectivity index (χ0) is 14.9. The molecule has 1 heterocycles. The second-order valence-electron chi connectivity index (χ2n) is 5.56. The first-order valence-corrected chi connectivity index (χ1v) is 7.77. The van der Waals surface area contributed by atoms with Crippen LogP contribution in [0.1, 0.15) is 26.3 Å². The van der Waals surface area contributed by atoms with Gasteiger partial charge in [-0.1, -0.05) is 11.6 Å². The predicted molar refractivity (Wildman–Crippen MR) is 84.3 cm³/mol. The number of fused-ring (bicyclic) bond motifs is 1. The molecule has 0 bridgehead atoms. The largest absolute Gasteiger partial charge is 0.598 e. The number of hydrogen-bond donors (Lipinski definition) is 2. The summed E-state index contributed by atoms with van der Waals surface area (Å²) in [5.41, 5.74) is 1.09. The predicted octanol–water partition coefficient (Wildman–Crippen LogP) is 2.73. The quantitative estimate of drug-likeness (QED) is 0.856. The van der Waals surface area contributed by atoms with Gasteiger partial charge in [-0.15, -0.1) is 4.72 Å². The molecule has 1 aromatic carbocycles. The highest BCUT2D eigenvalue weighted by molar-refractivity contribution is 7.90. The SMILES string of the molecule is CC(C)(C)[S@+]([O-])NCc1cc2cc(Cl)ccc2[nH]c1=O. The molecule has 2 N–H and O–H groups in total. The highest BCUT2D eigenvalue weighted by Gasteiger charge is 2.26. The molecule has 20 heavy (non-hydrogen) atoms. The van der Waals surface area contributed by atoms with E-state index < -0.39 is 11.4 Å².